The molecular formula is C13H22O4. The van der Waals surface area contributed by atoms with E-state index in [4.69, 9.17) is 5.11 Å². The fourth-order valence-corrected chi connectivity index (χ4v) is 1.56. The summed E-state index contributed by atoms with van der Waals surface area (Å²) in [6, 6.07) is 7.87. The van der Waals surface area contributed by atoms with Crippen LogP contribution in [0.1, 0.15) is 37.8 Å². The molecule has 98 valence electrons. The van der Waals surface area contributed by atoms with Crippen molar-refractivity contribution in [3.63, 3.8) is 0 Å². The van der Waals surface area contributed by atoms with Crippen molar-refractivity contribution in [3.8, 4) is 0 Å². The molecule has 0 bridgehead atoms. The van der Waals surface area contributed by atoms with Crippen molar-refractivity contribution in [2.75, 3.05) is 0 Å². The van der Waals surface area contributed by atoms with E-state index < -0.39 is 11.9 Å². The Bertz CT molecular complexity index is 330. The van der Waals surface area contributed by atoms with Gasteiger partial charge in [-0.15, -0.1) is 0 Å². The van der Waals surface area contributed by atoms with Crippen molar-refractivity contribution in [1.29, 1.82) is 0 Å². The van der Waals surface area contributed by atoms with Crippen LogP contribution in [0.15, 0.2) is 24.3 Å². The quantitative estimate of drug-likeness (QED) is 0.863. The number of aliphatic carboxylic acids is 1. The van der Waals surface area contributed by atoms with Crippen LogP contribution in [0.3, 0.4) is 0 Å². The second-order valence-electron chi connectivity index (χ2n) is 4.40. The van der Waals surface area contributed by atoms with Crippen molar-refractivity contribution < 1.29 is 20.9 Å². The van der Waals surface area contributed by atoms with Gasteiger partial charge in [0.1, 0.15) is 0 Å². The van der Waals surface area contributed by atoms with Crippen LogP contribution < -0.4 is 0 Å². The summed E-state index contributed by atoms with van der Waals surface area (Å²) >= 11 is 0. The molecule has 0 aliphatic heterocycles. The Morgan fingerprint density at radius 1 is 1.12 bits per heavy atom. The number of benzene rings is 1. The van der Waals surface area contributed by atoms with E-state index in [0.29, 0.717) is 5.92 Å². The maximum Gasteiger partial charge on any atom is 0.310 e. The van der Waals surface area contributed by atoms with Crippen molar-refractivity contribution in [2.45, 2.75) is 33.1 Å². The summed E-state index contributed by atoms with van der Waals surface area (Å²) in [6.07, 6.45) is 1.04. The molecule has 0 aliphatic carbocycles. The molecule has 0 spiro atoms. The molecule has 1 atom stereocenters. The Balaban J connectivity index is 0. The highest BCUT2D eigenvalue weighted by atomic mass is 16.4. The molecule has 4 nitrogen and oxygen atoms in total. The van der Waals surface area contributed by atoms with E-state index in [1.165, 1.54) is 5.56 Å². The van der Waals surface area contributed by atoms with Crippen LogP contribution in [-0.4, -0.2) is 22.0 Å². The first-order chi connectivity index (χ1) is 7.00. The summed E-state index contributed by atoms with van der Waals surface area (Å²) < 4.78 is 0. The Morgan fingerprint density at radius 2 is 1.59 bits per heavy atom. The van der Waals surface area contributed by atoms with Crippen LogP contribution in [-0.2, 0) is 11.2 Å². The fraction of sp³-hybridized carbons (Fsp3) is 0.462. The highest BCUT2D eigenvalue weighted by molar-refractivity contribution is 5.75. The lowest BCUT2D eigenvalue weighted by Gasteiger charge is -2.09. The Hall–Kier alpha value is -1.39. The molecule has 1 aromatic rings. The van der Waals surface area contributed by atoms with E-state index in [1.54, 1.807) is 6.92 Å². The van der Waals surface area contributed by atoms with Gasteiger partial charge in [0.05, 0.1) is 5.92 Å². The Labute approximate surface area is 102 Å². The molecule has 4 heteroatoms. The van der Waals surface area contributed by atoms with E-state index >= 15 is 0 Å². The van der Waals surface area contributed by atoms with E-state index in [-0.39, 0.29) is 11.0 Å². The smallest absolute Gasteiger partial charge is 0.310 e. The van der Waals surface area contributed by atoms with Gasteiger partial charge in [0.25, 0.3) is 0 Å². The maximum atomic E-state index is 10.8. The number of hydrogen-bond donors (Lipinski definition) is 1. The minimum atomic E-state index is -0.772. The van der Waals surface area contributed by atoms with Crippen LogP contribution in [0.2, 0.25) is 0 Å². The third kappa shape index (κ3) is 5.47. The first-order valence-corrected chi connectivity index (χ1v) is 5.32. The molecule has 0 amide bonds. The van der Waals surface area contributed by atoms with Gasteiger partial charge in [-0.25, -0.2) is 0 Å². The van der Waals surface area contributed by atoms with Gasteiger partial charge in [-0.05, 0) is 30.4 Å². The number of carboxylic acids is 1. The molecule has 1 aromatic carbocycles. The molecule has 1 rings (SSSR count). The predicted octanol–water partition coefficient (Wildman–Crippen LogP) is 1.42. The van der Waals surface area contributed by atoms with Gasteiger partial charge in [0.2, 0.25) is 0 Å². The number of rotatable bonds is 4. The molecule has 5 N–H and O–H groups in total. The molecule has 0 saturated heterocycles. The van der Waals surface area contributed by atoms with Gasteiger partial charge in [-0.1, -0.05) is 38.1 Å². The lowest BCUT2D eigenvalue weighted by Crippen LogP contribution is -2.07. The number of carboxylic acid groups (broad SMARTS) is 1. The SMILES string of the molecule is CC(C)Cc1ccc([C@H](C)C(=O)O)cc1.O.O. The summed E-state index contributed by atoms with van der Waals surface area (Å²) in [5, 5.41) is 8.85. The molecule has 0 fully saturated rings. The average molecular weight is 242 g/mol. The second kappa shape index (κ2) is 7.81. The lowest BCUT2D eigenvalue weighted by atomic mass is 9.97. The number of hydrogen-bond acceptors (Lipinski definition) is 1. The van der Waals surface area contributed by atoms with Gasteiger partial charge in [0.15, 0.2) is 0 Å². The van der Waals surface area contributed by atoms with E-state index in [0.717, 1.165) is 12.0 Å². The molecular weight excluding hydrogens is 220 g/mol. The highest BCUT2D eigenvalue weighted by Crippen LogP contribution is 2.17. The van der Waals surface area contributed by atoms with Gasteiger partial charge in [-0.3, -0.25) is 4.79 Å². The van der Waals surface area contributed by atoms with E-state index in [1.807, 2.05) is 24.3 Å². The van der Waals surface area contributed by atoms with Gasteiger partial charge < -0.3 is 16.1 Å². The normalized spacial score (nSPS) is 11.3. The summed E-state index contributed by atoms with van der Waals surface area (Å²) in [6.45, 7) is 6.06. The summed E-state index contributed by atoms with van der Waals surface area (Å²) in [4.78, 5) is 10.8. The molecule has 17 heavy (non-hydrogen) atoms. The maximum absolute atomic E-state index is 10.8. The molecule has 0 unspecified atom stereocenters. The highest BCUT2D eigenvalue weighted by Gasteiger charge is 2.12. The lowest BCUT2D eigenvalue weighted by molar-refractivity contribution is -0.138. The number of carbonyl (C=O) groups is 1. The summed E-state index contributed by atoms with van der Waals surface area (Å²) in [5.41, 5.74) is 2.14. The Morgan fingerprint density at radius 3 is 1.94 bits per heavy atom. The van der Waals surface area contributed by atoms with Gasteiger partial charge in [-0.2, -0.15) is 0 Å². The van der Waals surface area contributed by atoms with E-state index in [2.05, 4.69) is 13.8 Å². The minimum absolute atomic E-state index is 0. The van der Waals surface area contributed by atoms with Crippen molar-refractivity contribution in [2.24, 2.45) is 5.92 Å². The third-order valence-electron chi connectivity index (χ3n) is 2.49. The fourth-order valence-electron chi connectivity index (χ4n) is 1.56. The van der Waals surface area contributed by atoms with Crippen LogP contribution in [0.5, 0.6) is 0 Å². The first kappa shape index (κ1) is 18.0. The summed E-state index contributed by atoms with van der Waals surface area (Å²) in [5.74, 6) is -0.558. The van der Waals surface area contributed by atoms with Gasteiger partial charge >= 0.3 is 5.97 Å². The standard InChI is InChI=1S/C13H18O2.2H2O/c1-9(2)8-11-4-6-12(7-5-11)10(3)13(14)15;;/h4-7,9-10H,8H2,1-3H3,(H,14,15);2*1H2/t10-;;/m0../s1. The molecule has 0 heterocycles. The van der Waals surface area contributed by atoms with Crippen LogP contribution in [0, 0.1) is 5.92 Å². The average Bonchev–Trinajstić information content (AvgIpc) is 2.17. The zero-order chi connectivity index (χ0) is 11.4. The zero-order valence-corrected chi connectivity index (χ0v) is 10.5. The van der Waals surface area contributed by atoms with Crippen LogP contribution in [0.4, 0.5) is 0 Å². The minimum Gasteiger partial charge on any atom is -0.481 e. The third-order valence-corrected chi connectivity index (χ3v) is 2.49. The van der Waals surface area contributed by atoms with E-state index in [9.17, 15) is 4.79 Å². The molecule has 0 aliphatic rings. The second-order valence-corrected chi connectivity index (χ2v) is 4.40. The first-order valence-electron chi connectivity index (χ1n) is 5.32. The topological polar surface area (TPSA) is 100 Å². The molecule has 0 saturated carbocycles. The van der Waals surface area contributed by atoms with Crippen molar-refractivity contribution in [1.82, 2.24) is 0 Å². The zero-order valence-electron chi connectivity index (χ0n) is 10.5. The van der Waals surface area contributed by atoms with Crippen molar-refractivity contribution >= 4 is 5.97 Å². The Kier molecular flexibility index (Phi) is 8.27. The van der Waals surface area contributed by atoms with Gasteiger partial charge in [0, 0.05) is 0 Å². The summed E-state index contributed by atoms with van der Waals surface area (Å²) in [7, 11) is 0. The monoisotopic (exact) mass is 242 g/mol. The largest absolute Gasteiger partial charge is 0.481 e. The van der Waals surface area contributed by atoms with Crippen LogP contribution >= 0.6 is 0 Å². The molecule has 0 aromatic heterocycles. The van der Waals surface area contributed by atoms with Crippen molar-refractivity contribution in [3.05, 3.63) is 35.4 Å². The predicted molar refractivity (Wildman–Crippen MR) is 68.3 cm³/mol. The molecule has 0 radical (unpaired) electrons. The van der Waals surface area contributed by atoms with Crippen LogP contribution in [0.25, 0.3) is 0 Å².